The van der Waals surface area contributed by atoms with Crippen LogP contribution in [0.4, 0.5) is 0 Å². The molecule has 2 heterocycles. The summed E-state index contributed by atoms with van der Waals surface area (Å²) < 4.78 is 23.8. The third-order valence-corrected chi connectivity index (χ3v) is 6.72. The number of hydrogen-bond acceptors (Lipinski definition) is 8. The molecule has 0 saturated heterocycles. The van der Waals surface area contributed by atoms with E-state index in [0.29, 0.717) is 44.3 Å². The summed E-state index contributed by atoms with van der Waals surface area (Å²) in [5, 5.41) is 0. The number of benzene rings is 2. The standard InChI is InChI=1S/C27H28N2O6S/c1-6-34-21-15-18(10-13-20(21)33-5)24-23(26(31)35-7-2)16(3)28-27-29(24)25(30)22(36-27)14-17-8-11-19(32-4)12-9-17/h8-15,24H,6-7H2,1-5H3/b22-14-/t24-/m1/s1. The Morgan fingerprint density at radius 3 is 2.44 bits per heavy atom. The molecule has 188 valence electrons. The molecule has 1 atom stereocenters. The first-order valence-corrected chi connectivity index (χ1v) is 12.4. The van der Waals surface area contributed by atoms with Gasteiger partial charge in [-0.2, -0.15) is 0 Å². The number of methoxy groups -OCH3 is 2. The van der Waals surface area contributed by atoms with Crippen LogP contribution in [-0.4, -0.2) is 38.0 Å². The van der Waals surface area contributed by atoms with Gasteiger partial charge in [0, 0.05) is 0 Å². The summed E-state index contributed by atoms with van der Waals surface area (Å²) in [4.78, 5) is 31.9. The first-order chi connectivity index (χ1) is 17.4. The Morgan fingerprint density at radius 1 is 1.06 bits per heavy atom. The Balaban J connectivity index is 1.93. The van der Waals surface area contributed by atoms with E-state index in [4.69, 9.17) is 18.9 Å². The topological polar surface area (TPSA) is 88.4 Å². The van der Waals surface area contributed by atoms with Gasteiger partial charge in [0.2, 0.25) is 0 Å². The number of allylic oxidation sites excluding steroid dienone is 1. The molecule has 0 N–H and O–H groups in total. The molecule has 1 aliphatic heterocycles. The van der Waals surface area contributed by atoms with Crippen molar-refractivity contribution in [1.82, 2.24) is 4.57 Å². The third kappa shape index (κ3) is 4.79. The highest BCUT2D eigenvalue weighted by atomic mass is 32.1. The number of hydrogen-bond donors (Lipinski definition) is 0. The summed E-state index contributed by atoms with van der Waals surface area (Å²) >= 11 is 1.27. The summed E-state index contributed by atoms with van der Waals surface area (Å²) in [6, 6.07) is 12.1. The second-order valence-corrected chi connectivity index (χ2v) is 8.93. The van der Waals surface area contributed by atoms with Crippen LogP contribution in [-0.2, 0) is 9.53 Å². The summed E-state index contributed by atoms with van der Waals surface area (Å²) in [5.41, 5.74) is 2.11. The van der Waals surface area contributed by atoms with Gasteiger partial charge in [-0.25, -0.2) is 9.79 Å². The predicted octanol–water partition coefficient (Wildman–Crippen LogP) is 3.21. The number of aromatic nitrogens is 1. The van der Waals surface area contributed by atoms with Gasteiger partial charge >= 0.3 is 5.97 Å². The monoisotopic (exact) mass is 508 g/mol. The zero-order chi connectivity index (χ0) is 25.8. The highest BCUT2D eigenvalue weighted by Gasteiger charge is 2.33. The minimum Gasteiger partial charge on any atom is -0.497 e. The summed E-state index contributed by atoms with van der Waals surface area (Å²) in [7, 11) is 3.17. The largest absolute Gasteiger partial charge is 0.497 e. The van der Waals surface area contributed by atoms with Gasteiger partial charge in [0.05, 0.1) is 49.3 Å². The Morgan fingerprint density at radius 2 is 1.81 bits per heavy atom. The van der Waals surface area contributed by atoms with E-state index in [2.05, 4.69) is 4.99 Å². The molecule has 0 amide bonds. The van der Waals surface area contributed by atoms with Crippen LogP contribution < -0.4 is 29.1 Å². The van der Waals surface area contributed by atoms with E-state index in [1.54, 1.807) is 44.8 Å². The highest BCUT2D eigenvalue weighted by molar-refractivity contribution is 7.07. The van der Waals surface area contributed by atoms with Crippen molar-refractivity contribution in [1.29, 1.82) is 0 Å². The lowest BCUT2D eigenvalue weighted by atomic mass is 9.95. The van der Waals surface area contributed by atoms with Crippen molar-refractivity contribution in [3.63, 3.8) is 0 Å². The molecular weight excluding hydrogens is 480 g/mol. The third-order valence-electron chi connectivity index (χ3n) is 5.73. The molecular formula is C27H28N2O6S. The maximum Gasteiger partial charge on any atom is 0.338 e. The molecule has 0 spiro atoms. The van der Waals surface area contributed by atoms with Gasteiger partial charge in [-0.05, 0) is 62.2 Å². The number of esters is 1. The fourth-order valence-electron chi connectivity index (χ4n) is 4.09. The van der Waals surface area contributed by atoms with E-state index in [-0.39, 0.29) is 12.2 Å². The molecule has 1 aromatic heterocycles. The summed E-state index contributed by atoms with van der Waals surface area (Å²) in [5.74, 6) is 1.30. The van der Waals surface area contributed by atoms with Gasteiger partial charge in [-0.15, -0.1) is 0 Å². The Kier molecular flexibility index (Phi) is 7.59. The fraction of sp³-hybridized carbons (Fsp3) is 0.296. The van der Waals surface area contributed by atoms with Crippen molar-refractivity contribution in [3.05, 3.63) is 84.5 Å². The van der Waals surface area contributed by atoms with Crippen LogP contribution in [0.1, 0.15) is 37.9 Å². The van der Waals surface area contributed by atoms with E-state index in [1.807, 2.05) is 43.3 Å². The fourth-order valence-corrected chi connectivity index (χ4v) is 5.14. The average Bonchev–Trinajstić information content (AvgIpc) is 3.18. The van der Waals surface area contributed by atoms with E-state index < -0.39 is 12.0 Å². The summed E-state index contributed by atoms with van der Waals surface area (Å²) in [6.45, 7) is 6.02. The van der Waals surface area contributed by atoms with Crippen molar-refractivity contribution in [2.45, 2.75) is 26.8 Å². The maximum atomic E-state index is 13.7. The van der Waals surface area contributed by atoms with Crippen molar-refractivity contribution >= 4 is 23.4 Å². The van der Waals surface area contributed by atoms with Crippen molar-refractivity contribution < 1.29 is 23.7 Å². The van der Waals surface area contributed by atoms with Crippen molar-refractivity contribution in [2.75, 3.05) is 27.4 Å². The van der Waals surface area contributed by atoms with Crippen LogP contribution in [0.5, 0.6) is 17.2 Å². The van der Waals surface area contributed by atoms with Crippen LogP contribution in [0.2, 0.25) is 0 Å². The molecule has 0 bridgehead atoms. The maximum absolute atomic E-state index is 13.7. The molecule has 8 nitrogen and oxygen atoms in total. The lowest BCUT2D eigenvalue weighted by Crippen LogP contribution is -2.40. The van der Waals surface area contributed by atoms with Gasteiger partial charge in [0.15, 0.2) is 16.3 Å². The SMILES string of the molecule is CCOC(=O)C1=C(C)N=c2s/c(=C\c3ccc(OC)cc3)c(=O)n2[C@@H]1c1ccc(OC)c(OCC)c1. The average molecular weight is 509 g/mol. The molecule has 0 fully saturated rings. The minimum absolute atomic E-state index is 0.205. The first-order valence-electron chi connectivity index (χ1n) is 11.6. The summed E-state index contributed by atoms with van der Waals surface area (Å²) in [6.07, 6.45) is 1.81. The van der Waals surface area contributed by atoms with E-state index in [1.165, 1.54) is 11.3 Å². The predicted molar refractivity (Wildman–Crippen MR) is 138 cm³/mol. The highest BCUT2D eigenvalue weighted by Crippen LogP contribution is 2.36. The molecule has 4 rings (SSSR count). The van der Waals surface area contributed by atoms with Gasteiger partial charge in [0.25, 0.3) is 5.56 Å². The van der Waals surface area contributed by atoms with Gasteiger partial charge < -0.3 is 18.9 Å². The number of carbonyl (C=O) groups excluding carboxylic acids is 1. The molecule has 0 aliphatic carbocycles. The number of carbonyl (C=O) groups is 1. The minimum atomic E-state index is -0.733. The van der Waals surface area contributed by atoms with E-state index in [9.17, 15) is 9.59 Å². The number of fused-ring (bicyclic) bond motifs is 1. The van der Waals surface area contributed by atoms with Crippen LogP contribution in [0.3, 0.4) is 0 Å². The lowest BCUT2D eigenvalue weighted by Gasteiger charge is -2.25. The molecule has 0 saturated carbocycles. The molecule has 0 unspecified atom stereocenters. The van der Waals surface area contributed by atoms with Crippen LogP contribution >= 0.6 is 11.3 Å². The van der Waals surface area contributed by atoms with Gasteiger partial charge in [0.1, 0.15) is 5.75 Å². The number of ether oxygens (including phenoxy) is 4. The normalized spacial score (nSPS) is 15.2. The van der Waals surface area contributed by atoms with Gasteiger partial charge in [-0.3, -0.25) is 9.36 Å². The zero-order valence-corrected chi connectivity index (χ0v) is 21.7. The second-order valence-electron chi connectivity index (χ2n) is 7.92. The molecule has 9 heteroatoms. The Labute approximate surface area is 212 Å². The van der Waals surface area contributed by atoms with Crippen molar-refractivity contribution in [2.24, 2.45) is 4.99 Å². The second kappa shape index (κ2) is 10.8. The van der Waals surface area contributed by atoms with E-state index in [0.717, 1.165) is 11.3 Å². The molecule has 0 radical (unpaired) electrons. The molecule has 36 heavy (non-hydrogen) atoms. The number of rotatable bonds is 8. The zero-order valence-electron chi connectivity index (χ0n) is 20.9. The van der Waals surface area contributed by atoms with Crippen molar-refractivity contribution in [3.8, 4) is 17.2 Å². The first kappa shape index (κ1) is 25.2. The number of thiazole rings is 1. The Bertz CT molecular complexity index is 1480. The number of nitrogens with zero attached hydrogens (tertiary/aromatic N) is 2. The molecule has 1 aliphatic rings. The van der Waals surface area contributed by atoms with Gasteiger partial charge in [-0.1, -0.05) is 29.5 Å². The lowest BCUT2D eigenvalue weighted by molar-refractivity contribution is -0.139. The van der Waals surface area contributed by atoms with Crippen LogP contribution in [0, 0.1) is 0 Å². The van der Waals surface area contributed by atoms with E-state index >= 15 is 0 Å². The Hall–Kier alpha value is -3.85. The molecule has 3 aromatic rings. The van der Waals surface area contributed by atoms with Crippen LogP contribution in [0.25, 0.3) is 6.08 Å². The van der Waals surface area contributed by atoms with Crippen LogP contribution in [0.15, 0.2) is 63.5 Å². The smallest absolute Gasteiger partial charge is 0.338 e. The quantitative estimate of drug-likeness (QED) is 0.434. The molecule has 2 aromatic carbocycles.